The Morgan fingerprint density at radius 3 is 2.40 bits per heavy atom. The molecule has 2 atom stereocenters. The minimum Gasteiger partial charge on any atom is -0.372 e. The minimum absolute atomic E-state index is 0.197. The summed E-state index contributed by atoms with van der Waals surface area (Å²) in [6, 6.07) is 0.872. The van der Waals surface area contributed by atoms with Crippen molar-refractivity contribution in [1.82, 2.24) is 10.2 Å². The molecule has 20 heavy (non-hydrogen) atoms. The van der Waals surface area contributed by atoms with Gasteiger partial charge in [0.25, 0.3) is 0 Å². The van der Waals surface area contributed by atoms with Gasteiger partial charge in [0.15, 0.2) is 0 Å². The van der Waals surface area contributed by atoms with Gasteiger partial charge in [-0.2, -0.15) is 0 Å². The molecule has 118 valence electrons. The summed E-state index contributed by atoms with van der Waals surface area (Å²) in [7, 11) is 0. The molecular formula is C17H34N2O. The molecule has 0 bridgehead atoms. The third-order valence-corrected chi connectivity index (χ3v) is 4.36. The van der Waals surface area contributed by atoms with Crippen molar-refractivity contribution in [1.29, 1.82) is 0 Å². The second-order valence-electron chi connectivity index (χ2n) is 7.67. The van der Waals surface area contributed by atoms with E-state index in [4.69, 9.17) is 4.74 Å². The predicted octanol–water partition coefficient (Wildman–Crippen LogP) is 3.19. The molecule has 2 rings (SSSR count). The number of rotatable bonds is 8. The molecule has 0 radical (unpaired) electrons. The van der Waals surface area contributed by atoms with Crippen LogP contribution in [0.25, 0.3) is 0 Å². The van der Waals surface area contributed by atoms with Gasteiger partial charge in [-0.05, 0) is 59.4 Å². The second kappa shape index (κ2) is 7.24. The fraction of sp³-hybridized carbons (Fsp3) is 1.00. The lowest BCUT2D eigenvalue weighted by atomic mass is 10.1. The number of hydrogen-bond donors (Lipinski definition) is 1. The Kier molecular flexibility index (Phi) is 5.88. The van der Waals surface area contributed by atoms with E-state index < -0.39 is 0 Å². The number of unbranched alkanes of at least 4 members (excludes halogenated alkanes) is 1. The monoisotopic (exact) mass is 282 g/mol. The molecule has 1 saturated carbocycles. The van der Waals surface area contributed by atoms with Crippen LogP contribution in [0, 0.1) is 0 Å². The predicted molar refractivity (Wildman–Crippen MR) is 85.2 cm³/mol. The highest BCUT2D eigenvalue weighted by Crippen LogP contribution is 2.29. The number of nitrogens with zero attached hydrogens (tertiary/aromatic N) is 1. The molecule has 1 heterocycles. The normalized spacial score (nSPS) is 27.4. The highest BCUT2D eigenvalue weighted by atomic mass is 16.5. The molecule has 2 unspecified atom stereocenters. The number of ether oxygens (including phenoxy) is 1. The van der Waals surface area contributed by atoms with Gasteiger partial charge in [0.05, 0.1) is 12.2 Å². The van der Waals surface area contributed by atoms with E-state index in [9.17, 15) is 0 Å². The highest BCUT2D eigenvalue weighted by molar-refractivity contribution is 4.88. The lowest BCUT2D eigenvalue weighted by molar-refractivity contribution is 0.0190. The molecule has 1 aliphatic carbocycles. The van der Waals surface area contributed by atoms with Gasteiger partial charge in [0, 0.05) is 24.7 Å². The highest BCUT2D eigenvalue weighted by Gasteiger charge is 2.33. The van der Waals surface area contributed by atoms with E-state index in [1.165, 1.54) is 45.1 Å². The molecule has 0 spiro atoms. The molecule has 2 fully saturated rings. The largest absolute Gasteiger partial charge is 0.372 e. The summed E-state index contributed by atoms with van der Waals surface area (Å²) in [5.41, 5.74) is 0.197. The van der Waals surface area contributed by atoms with E-state index in [1.807, 2.05) is 0 Å². The smallest absolute Gasteiger partial charge is 0.0707 e. The summed E-state index contributed by atoms with van der Waals surface area (Å²) in [6.45, 7) is 12.4. The molecule has 1 N–H and O–H groups in total. The van der Waals surface area contributed by atoms with Crippen molar-refractivity contribution in [3.8, 4) is 0 Å². The summed E-state index contributed by atoms with van der Waals surface area (Å²) >= 11 is 0. The average Bonchev–Trinajstić information content (AvgIpc) is 3.12. The number of hydrogen-bond acceptors (Lipinski definition) is 3. The zero-order valence-electron chi connectivity index (χ0n) is 14.0. The van der Waals surface area contributed by atoms with Crippen LogP contribution in [-0.4, -0.2) is 48.3 Å². The van der Waals surface area contributed by atoms with Gasteiger partial charge in [-0.25, -0.2) is 0 Å². The lowest BCUT2D eigenvalue weighted by Gasteiger charge is -2.26. The summed E-state index contributed by atoms with van der Waals surface area (Å²) in [6.07, 6.45) is 8.80. The van der Waals surface area contributed by atoms with Crippen molar-refractivity contribution in [3.63, 3.8) is 0 Å². The molecule has 3 heteroatoms. The Morgan fingerprint density at radius 2 is 1.80 bits per heavy atom. The van der Waals surface area contributed by atoms with Gasteiger partial charge in [0.1, 0.15) is 0 Å². The maximum atomic E-state index is 6.24. The minimum atomic E-state index is 0.197. The quantitative estimate of drug-likeness (QED) is 0.740. The summed E-state index contributed by atoms with van der Waals surface area (Å²) < 4.78 is 6.24. The average molecular weight is 282 g/mol. The third kappa shape index (κ3) is 5.71. The van der Waals surface area contributed by atoms with Crippen molar-refractivity contribution in [2.45, 2.75) is 90.0 Å². The first kappa shape index (κ1) is 16.3. The molecule has 0 aromatic carbocycles. The number of nitrogens with one attached hydrogen (secondary N) is 1. The first-order valence-electron chi connectivity index (χ1n) is 8.62. The van der Waals surface area contributed by atoms with Crippen molar-refractivity contribution < 1.29 is 4.74 Å². The van der Waals surface area contributed by atoms with Crippen LogP contribution < -0.4 is 5.32 Å². The Morgan fingerprint density at radius 1 is 1.10 bits per heavy atom. The van der Waals surface area contributed by atoms with E-state index in [1.54, 1.807) is 0 Å². The van der Waals surface area contributed by atoms with Gasteiger partial charge in [-0.15, -0.1) is 0 Å². The van der Waals surface area contributed by atoms with E-state index in [2.05, 4.69) is 37.9 Å². The van der Waals surface area contributed by atoms with Crippen LogP contribution in [0.4, 0.5) is 0 Å². The van der Waals surface area contributed by atoms with E-state index in [0.717, 1.165) is 19.1 Å². The summed E-state index contributed by atoms with van der Waals surface area (Å²) in [5.74, 6) is 0. The fourth-order valence-corrected chi connectivity index (χ4v) is 2.97. The zero-order chi connectivity index (χ0) is 14.6. The van der Waals surface area contributed by atoms with Crippen LogP contribution >= 0.6 is 0 Å². The topological polar surface area (TPSA) is 24.5 Å². The van der Waals surface area contributed by atoms with Crippen molar-refractivity contribution >= 4 is 0 Å². The van der Waals surface area contributed by atoms with Crippen LogP contribution in [0.5, 0.6) is 0 Å². The molecular weight excluding hydrogens is 248 g/mol. The second-order valence-corrected chi connectivity index (χ2v) is 7.67. The molecule has 0 aromatic heterocycles. The van der Waals surface area contributed by atoms with Crippen molar-refractivity contribution in [2.24, 2.45) is 0 Å². The van der Waals surface area contributed by atoms with Crippen LogP contribution in [0.2, 0.25) is 0 Å². The summed E-state index contributed by atoms with van der Waals surface area (Å²) in [4.78, 5) is 2.69. The van der Waals surface area contributed by atoms with Crippen molar-refractivity contribution in [3.05, 3.63) is 0 Å². The first-order chi connectivity index (χ1) is 9.48. The zero-order valence-corrected chi connectivity index (χ0v) is 14.0. The standard InChI is InChI=1S/C17H34N2O/c1-5-6-11-19(14-7-8-14)13-16-10-9-15(20-16)12-18-17(2,3)4/h14-16,18H,5-13H2,1-4H3. The lowest BCUT2D eigenvalue weighted by Crippen LogP contribution is -2.41. The Balaban J connectivity index is 1.68. The fourth-order valence-electron chi connectivity index (χ4n) is 2.97. The first-order valence-corrected chi connectivity index (χ1v) is 8.62. The van der Waals surface area contributed by atoms with Gasteiger partial charge < -0.3 is 10.1 Å². The maximum Gasteiger partial charge on any atom is 0.0707 e. The van der Waals surface area contributed by atoms with Crippen LogP contribution in [-0.2, 0) is 4.74 Å². The van der Waals surface area contributed by atoms with Gasteiger partial charge >= 0.3 is 0 Å². The van der Waals surface area contributed by atoms with E-state index >= 15 is 0 Å². The molecule has 1 saturated heterocycles. The van der Waals surface area contributed by atoms with Crippen molar-refractivity contribution in [2.75, 3.05) is 19.6 Å². The summed E-state index contributed by atoms with van der Waals surface area (Å²) in [5, 5.41) is 3.57. The van der Waals surface area contributed by atoms with Gasteiger partial charge in [0.2, 0.25) is 0 Å². The Labute approximate surface area is 125 Å². The maximum absolute atomic E-state index is 6.24. The van der Waals surface area contributed by atoms with Crippen LogP contribution in [0.1, 0.15) is 66.2 Å². The Hall–Kier alpha value is -0.120. The van der Waals surface area contributed by atoms with Crippen LogP contribution in [0.15, 0.2) is 0 Å². The molecule has 2 aliphatic rings. The van der Waals surface area contributed by atoms with E-state index in [0.29, 0.717) is 12.2 Å². The molecule has 0 aromatic rings. The van der Waals surface area contributed by atoms with Crippen LogP contribution in [0.3, 0.4) is 0 Å². The van der Waals surface area contributed by atoms with Gasteiger partial charge in [-0.3, -0.25) is 4.90 Å². The SMILES string of the molecule is CCCCN(CC1CCC(CNC(C)(C)C)O1)C1CC1. The Bertz CT molecular complexity index is 283. The third-order valence-electron chi connectivity index (χ3n) is 4.36. The van der Waals surface area contributed by atoms with E-state index in [-0.39, 0.29) is 5.54 Å². The molecule has 0 amide bonds. The molecule has 3 nitrogen and oxygen atoms in total. The van der Waals surface area contributed by atoms with Gasteiger partial charge in [-0.1, -0.05) is 13.3 Å². The molecule has 1 aliphatic heterocycles.